The molecule has 0 spiro atoms. The normalized spacial score (nSPS) is 11.2. The number of halogens is 1. The van der Waals surface area contributed by atoms with Crippen molar-refractivity contribution in [2.24, 2.45) is 0 Å². The number of fused-ring (bicyclic) bond motifs is 1. The fourth-order valence-electron chi connectivity index (χ4n) is 1.68. The molecule has 17 heavy (non-hydrogen) atoms. The highest BCUT2D eigenvalue weighted by Crippen LogP contribution is 2.20. The molecule has 3 heterocycles. The molecule has 0 fully saturated rings. The van der Waals surface area contributed by atoms with Crippen LogP contribution in [0.1, 0.15) is 5.56 Å². The summed E-state index contributed by atoms with van der Waals surface area (Å²) in [5, 5.41) is 8.37. The molecule has 6 nitrogen and oxygen atoms in total. The largest absolute Gasteiger partial charge is 0.381 e. The number of nitrogen functional groups attached to an aromatic ring is 1. The summed E-state index contributed by atoms with van der Waals surface area (Å²) < 4.78 is 4.15. The van der Waals surface area contributed by atoms with Crippen LogP contribution >= 0.6 is 15.9 Å². The van der Waals surface area contributed by atoms with Crippen LogP contribution in [0.5, 0.6) is 0 Å². The molecule has 2 N–H and O–H groups in total. The molecule has 0 bridgehead atoms. The van der Waals surface area contributed by atoms with Crippen LogP contribution in [0, 0.1) is 6.92 Å². The van der Waals surface area contributed by atoms with Gasteiger partial charge >= 0.3 is 0 Å². The molecule has 0 aromatic carbocycles. The van der Waals surface area contributed by atoms with Gasteiger partial charge in [0.25, 0.3) is 0 Å². The second-order valence-electron chi connectivity index (χ2n) is 3.73. The minimum absolute atomic E-state index is 0.444. The van der Waals surface area contributed by atoms with Gasteiger partial charge in [-0.25, -0.2) is 9.67 Å². The predicted molar refractivity (Wildman–Crippen MR) is 67.0 cm³/mol. The Bertz CT molecular complexity index is 678. The van der Waals surface area contributed by atoms with E-state index in [0.29, 0.717) is 5.82 Å². The zero-order chi connectivity index (χ0) is 12.0. The maximum absolute atomic E-state index is 5.71. The Morgan fingerprint density at radius 2 is 2.18 bits per heavy atom. The van der Waals surface area contributed by atoms with Crippen molar-refractivity contribution in [3.63, 3.8) is 0 Å². The fraction of sp³-hybridized carbons (Fsp3) is 0.100. The first-order valence-electron chi connectivity index (χ1n) is 4.96. The summed E-state index contributed by atoms with van der Waals surface area (Å²) in [4.78, 5) is 4.16. The summed E-state index contributed by atoms with van der Waals surface area (Å²) in [5.74, 6) is 1.25. The summed E-state index contributed by atoms with van der Waals surface area (Å²) >= 11 is 3.33. The smallest absolute Gasteiger partial charge is 0.160 e. The third kappa shape index (κ3) is 1.59. The average Bonchev–Trinajstić information content (AvgIpc) is 2.85. The SMILES string of the molecule is Cc1cc(-n2cc(Br)c(N)n2)n2ncnc2c1. The number of nitrogens with two attached hydrogens (primary N) is 1. The van der Waals surface area contributed by atoms with Gasteiger partial charge in [0.05, 0.1) is 4.47 Å². The second kappa shape index (κ2) is 3.56. The van der Waals surface area contributed by atoms with Crippen molar-refractivity contribution in [1.82, 2.24) is 24.4 Å². The lowest BCUT2D eigenvalue weighted by atomic mass is 10.3. The number of pyridine rings is 1. The van der Waals surface area contributed by atoms with Gasteiger partial charge in [-0.15, -0.1) is 5.10 Å². The summed E-state index contributed by atoms with van der Waals surface area (Å²) in [5.41, 5.74) is 7.58. The maximum Gasteiger partial charge on any atom is 0.160 e. The second-order valence-corrected chi connectivity index (χ2v) is 4.58. The lowest BCUT2D eigenvalue weighted by Crippen LogP contribution is -2.05. The molecule has 7 heteroatoms. The van der Waals surface area contributed by atoms with Crippen molar-refractivity contribution in [1.29, 1.82) is 0 Å². The first-order chi connectivity index (χ1) is 8.15. The van der Waals surface area contributed by atoms with E-state index >= 15 is 0 Å². The Balaban J connectivity index is 2.32. The van der Waals surface area contributed by atoms with Gasteiger partial charge in [0, 0.05) is 6.20 Å². The third-order valence-electron chi connectivity index (χ3n) is 2.44. The predicted octanol–water partition coefficient (Wildman–Crippen LogP) is 1.57. The van der Waals surface area contributed by atoms with Crippen molar-refractivity contribution >= 4 is 27.4 Å². The fourth-order valence-corrected chi connectivity index (χ4v) is 1.96. The number of nitrogens with zero attached hydrogens (tertiary/aromatic N) is 5. The van der Waals surface area contributed by atoms with E-state index in [1.54, 1.807) is 15.4 Å². The van der Waals surface area contributed by atoms with Gasteiger partial charge in [0.15, 0.2) is 17.3 Å². The summed E-state index contributed by atoms with van der Waals surface area (Å²) in [7, 11) is 0. The molecule has 0 aliphatic rings. The lowest BCUT2D eigenvalue weighted by Gasteiger charge is -2.05. The average molecular weight is 293 g/mol. The number of aryl methyl sites for hydroxylation is 1. The van der Waals surface area contributed by atoms with Gasteiger partial charge in [0.1, 0.15) is 6.33 Å². The van der Waals surface area contributed by atoms with E-state index in [9.17, 15) is 0 Å². The molecule has 0 radical (unpaired) electrons. The Morgan fingerprint density at radius 1 is 1.35 bits per heavy atom. The van der Waals surface area contributed by atoms with Crippen LogP contribution < -0.4 is 5.73 Å². The van der Waals surface area contributed by atoms with Crippen LogP contribution in [0.4, 0.5) is 5.82 Å². The molecule has 0 amide bonds. The highest BCUT2D eigenvalue weighted by Gasteiger charge is 2.09. The standard InChI is InChI=1S/C10H9BrN6/c1-6-2-8-13-5-14-17(8)9(3-6)16-4-7(11)10(12)15-16/h2-5H,1H3,(H2,12,15). The number of rotatable bonds is 1. The van der Waals surface area contributed by atoms with E-state index < -0.39 is 0 Å². The van der Waals surface area contributed by atoms with Crippen molar-refractivity contribution in [3.8, 4) is 5.82 Å². The minimum atomic E-state index is 0.444. The molecule has 0 atom stereocenters. The molecule has 0 saturated carbocycles. The molecular formula is C10H9BrN6. The molecule has 86 valence electrons. The molecule has 3 aromatic rings. The van der Waals surface area contributed by atoms with Gasteiger partial charge in [-0.2, -0.15) is 9.61 Å². The van der Waals surface area contributed by atoms with Crippen molar-refractivity contribution in [2.75, 3.05) is 5.73 Å². The Morgan fingerprint density at radius 3 is 2.88 bits per heavy atom. The lowest BCUT2D eigenvalue weighted by molar-refractivity contribution is 0.790. The summed E-state index contributed by atoms with van der Waals surface area (Å²) in [6.07, 6.45) is 3.31. The van der Waals surface area contributed by atoms with E-state index in [0.717, 1.165) is 21.5 Å². The Labute approximate surface area is 105 Å². The van der Waals surface area contributed by atoms with Crippen LogP contribution in [0.25, 0.3) is 11.5 Å². The first-order valence-corrected chi connectivity index (χ1v) is 5.76. The molecule has 0 unspecified atom stereocenters. The van der Waals surface area contributed by atoms with E-state index in [-0.39, 0.29) is 0 Å². The monoisotopic (exact) mass is 292 g/mol. The molecule has 0 aliphatic carbocycles. The topological polar surface area (TPSA) is 74.0 Å². The van der Waals surface area contributed by atoms with Crippen molar-refractivity contribution in [3.05, 3.63) is 34.7 Å². The highest BCUT2D eigenvalue weighted by atomic mass is 79.9. The molecule has 0 saturated heterocycles. The van der Waals surface area contributed by atoms with Crippen LogP contribution in [0.2, 0.25) is 0 Å². The van der Waals surface area contributed by atoms with Gasteiger partial charge in [0.2, 0.25) is 0 Å². The third-order valence-corrected chi connectivity index (χ3v) is 3.05. The summed E-state index contributed by atoms with van der Waals surface area (Å²) in [6.45, 7) is 2.00. The number of aromatic nitrogens is 5. The van der Waals surface area contributed by atoms with E-state index in [2.05, 4.69) is 31.1 Å². The van der Waals surface area contributed by atoms with Crippen LogP contribution in [-0.4, -0.2) is 24.4 Å². The minimum Gasteiger partial charge on any atom is -0.381 e. The Kier molecular flexibility index (Phi) is 2.15. The molecular weight excluding hydrogens is 284 g/mol. The maximum atomic E-state index is 5.71. The number of hydrogen-bond donors (Lipinski definition) is 1. The Hall–Kier alpha value is -1.89. The van der Waals surface area contributed by atoms with Crippen LogP contribution in [0.15, 0.2) is 29.1 Å². The number of anilines is 1. The van der Waals surface area contributed by atoms with Crippen molar-refractivity contribution < 1.29 is 0 Å². The van der Waals surface area contributed by atoms with E-state index in [4.69, 9.17) is 5.73 Å². The van der Waals surface area contributed by atoms with Crippen molar-refractivity contribution in [2.45, 2.75) is 6.92 Å². The van der Waals surface area contributed by atoms with Crippen LogP contribution in [-0.2, 0) is 0 Å². The zero-order valence-electron chi connectivity index (χ0n) is 9.00. The van der Waals surface area contributed by atoms with Crippen LogP contribution in [0.3, 0.4) is 0 Å². The van der Waals surface area contributed by atoms with Gasteiger partial charge in [-0.3, -0.25) is 0 Å². The number of hydrogen-bond acceptors (Lipinski definition) is 4. The zero-order valence-corrected chi connectivity index (χ0v) is 10.6. The molecule has 0 aliphatic heterocycles. The highest BCUT2D eigenvalue weighted by molar-refractivity contribution is 9.10. The quantitative estimate of drug-likeness (QED) is 0.739. The van der Waals surface area contributed by atoms with E-state index in [1.807, 2.05) is 19.1 Å². The molecule has 3 aromatic heterocycles. The van der Waals surface area contributed by atoms with Gasteiger partial charge in [-0.1, -0.05) is 0 Å². The first kappa shape index (κ1) is 10.3. The van der Waals surface area contributed by atoms with Gasteiger partial charge < -0.3 is 5.73 Å². The molecule has 3 rings (SSSR count). The summed E-state index contributed by atoms with van der Waals surface area (Å²) in [6, 6.07) is 3.93. The van der Waals surface area contributed by atoms with Gasteiger partial charge in [-0.05, 0) is 40.5 Å². The van der Waals surface area contributed by atoms with E-state index in [1.165, 1.54) is 6.33 Å².